The fourth-order valence-corrected chi connectivity index (χ4v) is 5.67. The lowest BCUT2D eigenvalue weighted by molar-refractivity contribution is -0.268. The molecule has 0 aliphatic heterocycles. The molecule has 0 saturated carbocycles. The topological polar surface area (TPSA) is 139 Å². The van der Waals surface area contributed by atoms with Crippen molar-refractivity contribution in [2.75, 3.05) is 11.5 Å². The van der Waals surface area contributed by atoms with Crippen LogP contribution in [-0.2, 0) is 29.6 Å². The van der Waals surface area contributed by atoms with Crippen molar-refractivity contribution in [3.8, 4) is 10.4 Å². The second kappa shape index (κ2) is 12.4. The molecular weight excluding hydrogens is 571 g/mol. The SMILES string of the molecule is CC(C)(C)OC(=O)N[C@@H](CCS(=N)(=O)CCC(O)(c1cc(-c2ccccc2)sn1)C(F)(F)F)C(=O)OC(C)(C)C. The van der Waals surface area contributed by atoms with E-state index in [0.717, 1.165) is 17.6 Å². The molecule has 0 aliphatic carbocycles. The second-order valence-electron chi connectivity index (χ2n) is 11.3. The van der Waals surface area contributed by atoms with Crippen LogP contribution in [0.5, 0.6) is 0 Å². The standard InChI is InChI=1S/C26H36F3N3O6S2/c1-23(2,3)37-21(33)18(31-22(34)38-24(4,5)6)12-14-40(30,36)15-13-25(35,26(27,28)29)20-16-19(39-32-20)17-10-8-7-9-11-17/h7-11,16,18,30,35H,12-15H2,1-6H3,(H,31,34)/t18-,25?,40?/m0/s1. The van der Waals surface area contributed by atoms with Gasteiger partial charge in [0.1, 0.15) is 17.2 Å². The van der Waals surface area contributed by atoms with Gasteiger partial charge in [0.25, 0.3) is 0 Å². The minimum atomic E-state index is -5.16. The number of esters is 1. The van der Waals surface area contributed by atoms with Crippen molar-refractivity contribution >= 4 is 33.3 Å². The zero-order valence-corrected chi connectivity index (χ0v) is 24.9. The maximum atomic E-state index is 14.1. The van der Waals surface area contributed by atoms with Crippen molar-refractivity contribution in [2.45, 2.75) is 83.4 Å². The Morgan fingerprint density at radius 3 is 2.15 bits per heavy atom. The highest BCUT2D eigenvalue weighted by molar-refractivity contribution is 7.92. The monoisotopic (exact) mass is 607 g/mol. The maximum absolute atomic E-state index is 14.1. The first-order chi connectivity index (χ1) is 18.1. The number of nitrogens with zero attached hydrogens (tertiary/aromatic N) is 1. The number of alkyl carbamates (subject to hydrolysis) is 1. The smallest absolute Gasteiger partial charge is 0.423 e. The van der Waals surface area contributed by atoms with Crippen LogP contribution < -0.4 is 5.32 Å². The zero-order valence-electron chi connectivity index (χ0n) is 23.3. The molecule has 0 bridgehead atoms. The number of halogens is 3. The quantitative estimate of drug-likeness (QED) is 0.298. The van der Waals surface area contributed by atoms with Crippen molar-refractivity contribution in [3.05, 3.63) is 42.1 Å². The van der Waals surface area contributed by atoms with Crippen LogP contribution in [0.1, 0.15) is 60.1 Å². The van der Waals surface area contributed by atoms with Crippen molar-refractivity contribution in [2.24, 2.45) is 0 Å². The van der Waals surface area contributed by atoms with Crippen LogP contribution in [0.25, 0.3) is 10.4 Å². The molecule has 3 N–H and O–H groups in total. The van der Waals surface area contributed by atoms with Crippen molar-refractivity contribution in [1.82, 2.24) is 9.69 Å². The number of benzene rings is 1. The number of nitrogens with one attached hydrogen (secondary N) is 2. The third-order valence-electron chi connectivity index (χ3n) is 5.37. The summed E-state index contributed by atoms with van der Waals surface area (Å²) in [6, 6.07) is 8.31. The van der Waals surface area contributed by atoms with E-state index in [1.807, 2.05) is 0 Å². The summed E-state index contributed by atoms with van der Waals surface area (Å²) in [4.78, 5) is 25.4. The molecule has 0 fully saturated rings. The van der Waals surface area contributed by atoms with Gasteiger partial charge in [0.05, 0.1) is 10.6 Å². The minimum Gasteiger partial charge on any atom is -0.458 e. The molecule has 14 heteroatoms. The Balaban J connectivity index is 2.19. The lowest BCUT2D eigenvalue weighted by Crippen LogP contribution is -2.47. The molecule has 3 atom stereocenters. The van der Waals surface area contributed by atoms with Gasteiger partial charge in [-0.1, -0.05) is 30.3 Å². The van der Waals surface area contributed by atoms with E-state index in [1.165, 1.54) is 0 Å². The Hall–Kier alpha value is -2.71. The summed E-state index contributed by atoms with van der Waals surface area (Å²) in [6.45, 7) is 9.63. The maximum Gasteiger partial charge on any atom is 0.423 e. The largest absolute Gasteiger partial charge is 0.458 e. The summed E-state index contributed by atoms with van der Waals surface area (Å²) < 4.78 is 77.7. The average Bonchev–Trinajstić information content (AvgIpc) is 3.28. The van der Waals surface area contributed by atoms with E-state index in [-0.39, 0.29) is 6.42 Å². The van der Waals surface area contributed by atoms with Crippen LogP contribution in [0.4, 0.5) is 18.0 Å². The predicted octanol–water partition coefficient (Wildman–Crippen LogP) is 5.62. The number of hydrogen-bond donors (Lipinski definition) is 3. The van der Waals surface area contributed by atoms with Gasteiger partial charge in [-0.2, -0.15) is 17.5 Å². The minimum absolute atomic E-state index is 0.365. The number of hydrogen-bond acceptors (Lipinski definition) is 9. The van der Waals surface area contributed by atoms with E-state index in [1.54, 1.807) is 71.9 Å². The van der Waals surface area contributed by atoms with E-state index in [9.17, 15) is 32.1 Å². The molecular formula is C26H36F3N3O6S2. The lowest BCUT2D eigenvalue weighted by atomic mass is 9.95. The first-order valence-electron chi connectivity index (χ1n) is 12.4. The van der Waals surface area contributed by atoms with Gasteiger partial charge in [-0.25, -0.2) is 13.8 Å². The highest BCUT2D eigenvalue weighted by Gasteiger charge is 2.56. The molecule has 1 aromatic carbocycles. The molecule has 1 aromatic heterocycles. The Bertz CT molecular complexity index is 1270. The molecule has 2 rings (SSSR count). The first kappa shape index (κ1) is 33.5. The molecule has 0 radical (unpaired) electrons. The molecule has 0 aliphatic rings. The molecule has 1 amide bonds. The van der Waals surface area contributed by atoms with Gasteiger partial charge in [-0.05, 0) is 71.1 Å². The van der Waals surface area contributed by atoms with Gasteiger partial charge in [-0.3, -0.25) is 4.78 Å². The van der Waals surface area contributed by atoms with Crippen LogP contribution in [0.15, 0.2) is 36.4 Å². The molecule has 1 heterocycles. The summed E-state index contributed by atoms with van der Waals surface area (Å²) in [7, 11) is -3.76. The number of rotatable bonds is 10. The number of carbonyl (C=O) groups is 2. The molecule has 2 aromatic rings. The van der Waals surface area contributed by atoms with E-state index < -0.39 is 74.4 Å². The second-order valence-corrected chi connectivity index (χ2v) is 14.5. The summed E-state index contributed by atoms with van der Waals surface area (Å²) in [5.41, 5.74) is -5.30. The van der Waals surface area contributed by atoms with E-state index in [2.05, 4.69) is 9.69 Å². The zero-order chi connectivity index (χ0) is 30.6. The lowest BCUT2D eigenvalue weighted by Gasteiger charge is -2.29. The van der Waals surface area contributed by atoms with Gasteiger partial charge in [0.15, 0.2) is 0 Å². The van der Waals surface area contributed by atoms with Crippen LogP contribution in [0.3, 0.4) is 0 Å². The molecule has 40 heavy (non-hydrogen) atoms. The molecule has 0 saturated heterocycles. The van der Waals surface area contributed by atoms with Gasteiger partial charge in [-0.15, -0.1) is 0 Å². The normalized spacial score (nSPS) is 16.4. The number of amides is 1. The summed E-state index contributed by atoms with van der Waals surface area (Å²) in [5.74, 6) is -2.27. The van der Waals surface area contributed by atoms with Crippen molar-refractivity contribution in [3.63, 3.8) is 0 Å². The van der Waals surface area contributed by atoms with E-state index in [4.69, 9.17) is 14.3 Å². The van der Waals surface area contributed by atoms with E-state index >= 15 is 0 Å². The number of aromatic nitrogens is 1. The first-order valence-corrected chi connectivity index (χ1v) is 15.1. The summed E-state index contributed by atoms with van der Waals surface area (Å²) >= 11 is 0.778. The highest BCUT2D eigenvalue weighted by Crippen LogP contribution is 2.43. The molecule has 9 nitrogen and oxygen atoms in total. The summed E-state index contributed by atoms with van der Waals surface area (Å²) in [5, 5.41) is 13.1. The van der Waals surface area contributed by atoms with Crippen molar-refractivity contribution in [1.29, 1.82) is 4.78 Å². The van der Waals surface area contributed by atoms with Crippen molar-refractivity contribution < 1.29 is 41.5 Å². The fraction of sp³-hybridized carbons (Fsp3) is 0.577. The number of ether oxygens (including phenoxy) is 2. The Morgan fingerprint density at radius 2 is 1.62 bits per heavy atom. The predicted molar refractivity (Wildman–Crippen MR) is 146 cm³/mol. The Kier molecular flexibility index (Phi) is 10.4. The average molecular weight is 608 g/mol. The number of carbonyl (C=O) groups excluding carboxylic acids is 2. The third-order valence-corrected chi connectivity index (χ3v) is 7.97. The van der Waals surface area contributed by atoms with Crippen LogP contribution in [-0.4, -0.2) is 60.7 Å². The van der Waals surface area contributed by atoms with Gasteiger partial charge in [0.2, 0.25) is 5.60 Å². The van der Waals surface area contributed by atoms with Crippen LogP contribution in [0, 0.1) is 4.78 Å². The fourth-order valence-electron chi connectivity index (χ4n) is 3.42. The van der Waals surface area contributed by atoms with Gasteiger partial charge < -0.3 is 19.9 Å². The number of aliphatic hydroxyl groups is 1. The third kappa shape index (κ3) is 10.0. The van der Waals surface area contributed by atoms with Gasteiger partial charge in [0, 0.05) is 27.7 Å². The van der Waals surface area contributed by atoms with Gasteiger partial charge >= 0.3 is 18.2 Å². The molecule has 224 valence electrons. The Morgan fingerprint density at radius 1 is 1.05 bits per heavy atom. The Labute approximate surface area is 236 Å². The summed E-state index contributed by atoms with van der Waals surface area (Å²) in [6.07, 6.45) is -7.57. The number of alkyl halides is 3. The molecule has 0 spiro atoms. The van der Waals surface area contributed by atoms with Crippen LogP contribution in [0.2, 0.25) is 0 Å². The van der Waals surface area contributed by atoms with Crippen LogP contribution >= 0.6 is 11.5 Å². The van der Waals surface area contributed by atoms with E-state index in [0.29, 0.717) is 10.4 Å². The molecule has 2 unspecified atom stereocenters. The highest BCUT2D eigenvalue weighted by atomic mass is 32.2.